The summed E-state index contributed by atoms with van der Waals surface area (Å²) in [5.41, 5.74) is 7.53. The minimum absolute atomic E-state index is 0.648. The first-order valence-electron chi connectivity index (χ1n) is 5.58. The van der Waals surface area contributed by atoms with Crippen molar-refractivity contribution < 1.29 is 4.74 Å². The highest BCUT2D eigenvalue weighted by atomic mass is 16.5. The highest BCUT2D eigenvalue weighted by Gasteiger charge is 2.10. The van der Waals surface area contributed by atoms with E-state index in [1.165, 1.54) is 0 Å². The molecule has 0 saturated heterocycles. The molecule has 1 heterocycles. The van der Waals surface area contributed by atoms with Crippen molar-refractivity contribution in [2.75, 3.05) is 12.8 Å². The van der Waals surface area contributed by atoms with E-state index in [9.17, 15) is 0 Å². The lowest BCUT2D eigenvalue weighted by atomic mass is 10.1. The number of methoxy groups -OCH3 is 1. The molecule has 0 aliphatic heterocycles. The van der Waals surface area contributed by atoms with Crippen LogP contribution in [0.5, 0.6) is 5.75 Å². The van der Waals surface area contributed by atoms with Crippen LogP contribution < -0.4 is 10.5 Å². The summed E-state index contributed by atoms with van der Waals surface area (Å²) in [6.45, 7) is 3.00. The van der Waals surface area contributed by atoms with E-state index in [4.69, 9.17) is 10.5 Å². The first kappa shape index (κ1) is 11.4. The fraction of sp³-hybridized carbons (Fsp3) is 0.333. The minimum atomic E-state index is 0.648. The van der Waals surface area contributed by atoms with Crippen LogP contribution in [0, 0.1) is 0 Å². The summed E-state index contributed by atoms with van der Waals surface area (Å²) in [7, 11) is 1.62. The molecule has 0 saturated carbocycles. The monoisotopic (exact) mass is 232 g/mol. The topological polar surface area (TPSA) is 66.0 Å². The third-order valence-electron chi connectivity index (χ3n) is 2.58. The molecule has 1 aromatic heterocycles. The van der Waals surface area contributed by atoms with Gasteiger partial charge in [-0.3, -0.25) is 0 Å². The Bertz CT molecular complexity index is 507. The zero-order valence-corrected chi connectivity index (χ0v) is 10.1. The van der Waals surface area contributed by atoms with E-state index in [1.807, 2.05) is 16.7 Å². The lowest BCUT2D eigenvalue weighted by Gasteiger charge is -2.08. The molecule has 1 aromatic carbocycles. The standard InChI is InChI=1S/C12H16N4O/c1-3-6-16-8-14-15-12(16)10-5-4-9(17-2)7-11(10)13/h4-5,7-8H,3,6,13H2,1-2H3. The molecule has 0 aliphatic rings. The van der Waals surface area contributed by atoms with Crippen LogP contribution in [0.25, 0.3) is 11.4 Å². The molecule has 0 amide bonds. The summed E-state index contributed by atoms with van der Waals surface area (Å²) < 4.78 is 7.12. The third kappa shape index (κ3) is 2.22. The predicted octanol–water partition coefficient (Wildman–Crippen LogP) is 1.95. The van der Waals surface area contributed by atoms with E-state index in [-0.39, 0.29) is 0 Å². The van der Waals surface area contributed by atoms with Crippen molar-refractivity contribution in [3.8, 4) is 17.1 Å². The number of aryl methyl sites for hydroxylation is 1. The Morgan fingerprint density at radius 3 is 2.88 bits per heavy atom. The molecule has 0 aliphatic carbocycles. The van der Waals surface area contributed by atoms with E-state index in [2.05, 4.69) is 17.1 Å². The Labute approximate surface area is 100 Å². The van der Waals surface area contributed by atoms with Gasteiger partial charge in [0.25, 0.3) is 0 Å². The molecule has 0 unspecified atom stereocenters. The van der Waals surface area contributed by atoms with Crippen LogP contribution >= 0.6 is 0 Å². The highest BCUT2D eigenvalue weighted by molar-refractivity contribution is 5.73. The van der Waals surface area contributed by atoms with Crippen LogP contribution in [0.4, 0.5) is 5.69 Å². The maximum Gasteiger partial charge on any atom is 0.165 e. The van der Waals surface area contributed by atoms with Crippen molar-refractivity contribution in [3.63, 3.8) is 0 Å². The maximum absolute atomic E-state index is 5.99. The Morgan fingerprint density at radius 2 is 2.24 bits per heavy atom. The number of hydrogen-bond acceptors (Lipinski definition) is 4. The molecule has 0 radical (unpaired) electrons. The summed E-state index contributed by atoms with van der Waals surface area (Å²) in [5.74, 6) is 1.54. The summed E-state index contributed by atoms with van der Waals surface area (Å²) in [6, 6.07) is 5.57. The highest BCUT2D eigenvalue weighted by Crippen LogP contribution is 2.27. The molecular formula is C12H16N4O. The van der Waals surface area contributed by atoms with Gasteiger partial charge < -0.3 is 15.0 Å². The summed E-state index contributed by atoms with van der Waals surface area (Å²) in [4.78, 5) is 0. The number of benzene rings is 1. The lowest BCUT2D eigenvalue weighted by molar-refractivity contribution is 0.415. The molecule has 2 aromatic rings. The molecule has 2 rings (SSSR count). The zero-order chi connectivity index (χ0) is 12.3. The van der Waals surface area contributed by atoms with E-state index in [0.717, 1.165) is 30.1 Å². The molecule has 2 N–H and O–H groups in total. The van der Waals surface area contributed by atoms with Crippen LogP contribution in [0.1, 0.15) is 13.3 Å². The van der Waals surface area contributed by atoms with Gasteiger partial charge in [0, 0.05) is 23.9 Å². The van der Waals surface area contributed by atoms with Crippen molar-refractivity contribution in [1.82, 2.24) is 14.8 Å². The van der Waals surface area contributed by atoms with Crippen LogP contribution in [0.2, 0.25) is 0 Å². The Balaban J connectivity index is 2.42. The fourth-order valence-corrected chi connectivity index (χ4v) is 1.74. The van der Waals surface area contributed by atoms with Gasteiger partial charge in [-0.25, -0.2) is 0 Å². The molecule has 0 atom stereocenters. The number of ether oxygens (including phenoxy) is 1. The smallest absolute Gasteiger partial charge is 0.165 e. The fourth-order valence-electron chi connectivity index (χ4n) is 1.74. The van der Waals surface area contributed by atoms with Gasteiger partial charge in [-0.2, -0.15) is 0 Å². The number of rotatable bonds is 4. The number of nitrogens with zero attached hydrogens (tertiary/aromatic N) is 3. The second-order valence-corrected chi connectivity index (χ2v) is 3.80. The number of nitrogen functional groups attached to an aromatic ring is 1. The quantitative estimate of drug-likeness (QED) is 0.818. The summed E-state index contributed by atoms with van der Waals surface area (Å²) in [6.07, 6.45) is 2.75. The van der Waals surface area contributed by atoms with Gasteiger partial charge in [0.15, 0.2) is 5.82 Å². The molecule has 0 bridgehead atoms. The largest absolute Gasteiger partial charge is 0.497 e. The number of hydrogen-bond donors (Lipinski definition) is 1. The van der Waals surface area contributed by atoms with Gasteiger partial charge in [-0.1, -0.05) is 6.92 Å². The van der Waals surface area contributed by atoms with Crippen molar-refractivity contribution in [1.29, 1.82) is 0 Å². The van der Waals surface area contributed by atoms with E-state index in [1.54, 1.807) is 19.5 Å². The SMILES string of the molecule is CCCn1cnnc1-c1ccc(OC)cc1N. The molecule has 17 heavy (non-hydrogen) atoms. The minimum Gasteiger partial charge on any atom is -0.497 e. The van der Waals surface area contributed by atoms with E-state index < -0.39 is 0 Å². The normalized spacial score (nSPS) is 10.5. The molecule has 5 heteroatoms. The zero-order valence-electron chi connectivity index (χ0n) is 10.1. The van der Waals surface area contributed by atoms with Crippen LogP contribution in [-0.2, 0) is 6.54 Å². The average molecular weight is 232 g/mol. The molecule has 5 nitrogen and oxygen atoms in total. The second kappa shape index (κ2) is 4.86. The van der Waals surface area contributed by atoms with Crippen LogP contribution in [0.3, 0.4) is 0 Å². The number of aromatic nitrogens is 3. The van der Waals surface area contributed by atoms with Gasteiger partial charge in [0.2, 0.25) is 0 Å². The second-order valence-electron chi connectivity index (χ2n) is 3.80. The van der Waals surface area contributed by atoms with Gasteiger partial charge in [-0.05, 0) is 18.6 Å². The first-order chi connectivity index (χ1) is 8.26. The van der Waals surface area contributed by atoms with Gasteiger partial charge in [0.1, 0.15) is 12.1 Å². The van der Waals surface area contributed by atoms with Crippen molar-refractivity contribution in [2.45, 2.75) is 19.9 Å². The summed E-state index contributed by atoms with van der Waals surface area (Å²) in [5, 5.41) is 8.04. The molecular weight excluding hydrogens is 216 g/mol. The first-order valence-corrected chi connectivity index (χ1v) is 5.58. The van der Waals surface area contributed by atoms with Gasteiger partial charge in [-0.15, -0.1) is 10.2 Å². The van der Waals surface area contributed by atoms with Crippen molar-refractivity contribution in [2.24, 2.45) is 0 Å². The lowest BCUT2D eigenvalue weighted by Crippen LogP contribution is -2.01. The Morgan fingerprint density at radius 1 is 1.41 bits per heavy atom. The van der Waals surface area contributed by atoms with Gasteiger partial charge in [0.05, 0.1) is 7.11 Å². The van der Waals surface area contributed by atoms with E-state index in [0.29, 0.717) is 5.69 Å². The predicted molar refractivity (Wildman–Crippen MR) is 66.7 cm³/mol. The third-order valence-corrected chi connectivity index (χ3v) is 2.58. The molecule has 0 spiro atoms. The number of anilines is 1. The van der Waals surface area contributed by atoms with Crippen molar-refractivity contribution >= 4 is 5.69 Å². The number of nitrogens with two attached hydrogens (primary N) is 1. The Kier molecular flexibility index (Phi) is 3.27. The Hall–Kier alpha value is -2.04. The summed E-state index contributed by atoms with van der Waals surface area (Å²) >= 11 is 0. The molecule has 90 valence electrons. The maximum atomic E-state index is 5.99. The average Bonchev–Trinajstić information content (AvgIpc) is 2.77. The van der Waals surface area contributed by atoms with Gasteiger partial charge >= 0.3 is 0 Å². The van der Waals surface area contributed by atoms with Crippen molar-refractivity contribution in [3.05, 3.63) is 24.5 Å². The van der Waals surface area contributed by atoms with Crippen LogP contribution in [-0.4, -0.2) is 21.9 Å². The molecule has 0 fully saturated rings. The van der Waals surface area contributed by atoms with E-state index >= 15 is 0 Å². The van der Waals surface area contributed by atoms with Crippen LogP contribution in [0.15, 0.2) is 24.5 Å².